The number of rotatable bonds is 3. The molecule has 0 saturated carbocycles. The highest BCUT2D eigenvalue weighted by Crippen LogP contribution is 2.16. The molecule has 0 saturated heterocycles. The second-order valence-corrected chi connectivity index (χ2v) is 3.96. The molecule has 1 N–H and O–H groups in total. The number of hydrogen-bond acceptors (Lipinski definition) is 6. The zero-order valence-electron chi connectivity index (χ0n) is 9.94. The molecular formula is C11H9N5O3. The first-order chi connectivity index (χ1) is 9.15. The Morgan fingerprint density at radius 2 is 2.32 bits per heavy atom. The van der Waals surface area contributed by atoms with Crippen LogP contribution in [0, 0.1) is 6.92 Å². The first-order valence-corrected chi connectivity index (χ1v) is 5.50. The highest BCUT2D eigenvalue weighted by atomic mass is 16.5. The molecule has 0 radical (unpaired) electrons. The molecule has 1 aromatic carbocycles. The highest BCUT2D eigenvalue weighted by molar-refractivity contribution is 6.00. The van der Waals surface area contributed by atoms with Gasteiger partial charge in [0, 0.05) is 0 Å². The summed E-state index contributed by atoms with van der Waals surface area (Å²) in [6.07, 6.45) is 0. The van der Waals surface area contributed by atoms with Crippen LogP contribution >= 0.6 is 0 Å². The van der Waals surface area contributed by atoms with Crippen LogP contribution in [-0.4, -0.2) is 36.2 Å². The molecule has 0 aliphatic carbocycles. The van der Waals surface area contributed by atoms with Crippen molar-refractivity contribution in [3.8, 4) is 0 Å². The van der Waals surface area contributed by atoms with Gasteiger partial charge in [-0.2, -0.15) is 4.98 Å². The zero-order valence-corrected chi connectivity index (χ0v) is 9.94. The van der Waals surface area contributed by atoms with E-state index in [1.165, 1.54) is 10.7 Å². The van der Waals surface area contributed by atoms with E-state index in [1.54, 1.807) is 19.1 Å². The molecule has 19 heavy (non-hydrogen) atoms. The van der Waals surface area contributed by atoms with Gasteiger partial charge in [-0.3, -0.25) is 0 Å². The minimum atomic E-state index is -1.04. The summed E-state index contributed by atoms with van der Waals surface area (Å²) < 4.78 is 6.52. The summed E-state index contributed by atoms with van der Waals surface area (Å²) in [5, 5.41) is 20.6. The minimum Gasteiger partial charge on any atom is -0.478 e. The maximum atomic E-state index is 11.1. The molecule has 8 nitrogen and oxygen atoms in total. The van der Waals surface area contributed by atoms with Crippen molar-refractivity contribution < 1.29 is 14.4 Å². The Morgan fingerprint density at radius 3 is 3.00 bits per heavy atom. The molecule has 3 aromatic rings. The SMILES string of the molecule is Cc1noc(Cn2nnc3c(C(=O)O)cccc32)n1. The van der Waals surface area contributed by atoms with Gasteiger partial charge in [0.2, 0.25) is 5.89 Å². The predicted molar refractivity (Wildman–Crippen MR) is 62.6 cm³/mol. The molecule has 3 rings (SSSR count). The third kappa shape index (κ3) is 1.92. The molecule has 0 aliphatic rings. The Morgan fingerprint density at radius 1 is 1.47 bits per heavy atom. The van der Waals surface area contributed by atoms with Crippen molar-refractivity contribution in [3.05, 3.63) is 35.5 Å². The van der Waals surface area contributed by atoms with Crippen LogP contribution in [0.25, 0.3) is 11.0 Å². The molecule has 96 valence electrons. The van der Waals surface area contributed by atoms with Crippen LogP contribution in [0.5, 0.6) is 0 Å². The maximum Gasteiger partial charge on any atom is 0.338 e. The van der Waals surface area contributed by atoms with Gasteiger partial charge in [0.15, 0.2) is 5.82 Å². The quantitative estimate of drug-likeness (QED) is 0.743. The number of fused-ring (bicyclic) bond motifs is 1. The zero-order chi connectivity index (χ0) is 13.4. The Bertz CT molecular complexity index is 761. The van der Waals surface area contributed by atoms with Gasteiger partial charge < -0.3 is 9.63 Å². The second-order valence-electron chi connectivity index (χ2n) is 3.96. The summed E-state index contributed by atoms with van der Waals surface area (Å²) in [7, 11) is 0. The van der Waals surface area contributed by atoms with Gasteiger partial charge in [-0.05, 0) is 19.1 Å². The Kier molecular flexibility index (Phi) is 2.48. The molecule has 0 spiro atoms. The van der Waals surface area contributed by atoms with Crippen LogP contribution in [0.15, 0.2) is 22.7 Å². The van der Waals surface area contributed by atoms with Gasteiger partial charge in [0.1, 0.15) is 12.1 Å². The third-order valence-corrected chi connectivity index (χ3v) is 2.63. The highest BCUT2D eigenvalue weighted by Gasteiger charge is 2.15. The molecular weight excluding hydrogens is 250 g/mol. The smallest absolute Gasteiger partial charge is 0.338 e. The summed E-state index contributed by atoms with van der Waals surface area (Å²) in [5.74, 6) is -0.109. The molecule has 0 unspecified atom stereocenters. The molecule has 0 amide bonds. The average Bonchev–Trinajstić information content (AvgIpc) is 2.97. The van der Waals surface area contributed by atoms with Crippen molar-refractivity contribution in [1.29, 1.82) is 0 Å². The summed E-state index contributed by atoms with van der Waals surface area (Å²) in [5.41, 5.74) is 1.06. The monoisotopic (exact) mass is 259 g/mol. The van der Waals surface area contributed by atoms with E-state index in [0.717, 1.165) is 0 Å². The van der Waals surface area contributed by atoms with Crippen LogP contribution in [0.2, 0.25) is 0 Å². The van der Waals surface area contributed by atoms with Gasteiger partial charge in [0.05, 0.1) is 11.1 Å². The van der Waals surface area contributed by atoms with E-state index in [-0.39, 0.29) is 12.1 Å². The lowest BCUT2D eigenvalue weighted by molar-refractivity contribution is 0.0699. The molecule has 0 atom stereocenters. The number of aryl methyl sites for hydroxylation is 1. The second kappa shape index (κ2) is 4.16. The van der Waals surface area contributed by atoms with E-state index in [1.807, 2.05) is 0 Å². The van der Waals surface area contributed by atoms with Gasteiger partial charge in [-0.25, -0.2) is 9.48 Å². The number of carboxylic acid groups (broad SMARTS) is 1. The van der Waals surface area contributed by atoms with Crippen LogP contribution < -0.4 is 0 Å². The summed E-state index contributed by atoms with van der Waals surface area (Å²) in [6.45, 7) is 1.97. The lowest BCUT2D eigenvalue weighted by Gasteiger charge is -1.98. The van der Waals surface area contributed by atoms with E-state index < -0.39 is 5.97 Å². The number of benzene rings is 1. The predicted octanol–water partition coefficient (Wildman–Crippen LogP) is 0.869. The first-order valence-electron chi connectivity index (χ1n) is 5.50. The fourth-order valence-corrected chi connectivity index (χ4v) is 1.81. The normalized spacial score (nSPS) is 11.0. The summed E-state index contributed by atoms with van der Waals surface area (Å²) in [4.78, 5) is 15.1. The average molecular weight is 259 g/mol. The van der Waals surface area contributed by atoms with Crippen LogP contribution in [0.3, 0.4) is 0 Å². The number of aromatic nitrogens is 5. The fraction of sp³-hybridized carbons (Fsp3) is 0.182. The first kappa shape index (κ1) is 11.3. The number of aromatic carboxylic acids is 1. The molecule has 2 heterocycles. The standard InChI is InChI=1S/C11H9N5O3/c1-6-12-9(19-14-6)5-16-8-4-2-3-7(11(17)18)10(8)13-15-16/h2-4H,5H2,1H3,(H,17,18). The van der Waals surface area contributed by atoms with Crippen molar-refractivity contribution >= 4 is 17.0 Å². The van der Waals surface area contributed by atoms with Crippen LogP contribution in [0.4, 0.5) is 0 Å². The molecule has 0 fully saturated rings. The van der Waals surface area contributed by atoms with Gasteiger partial charge in [-0.1, -0.05) is 16.4 Å². The molecule has 8 heteroatoms. The topological polar surface area (TPSA) is 107 Å². The lowest BCUT2D eigenvalue weighted by Crippen LogP contribution is -2.02. The van der Waals surface area contributed by atoms with Crippen molar-refractivity contribution in [2.75, 3.05) is 0 Å². The number of hydrogen-bond donors (Lipinski definition) is 1. The van der Waals surface area contributed by atoms with E-state index >= 15 is 0 Å². The maximum absolute atomic E-state index is 11.1. The Labute approximate surface area is 106 Å². The van der Waals surface area contributed by atoms with Gasteiger partial charge in [0.25, 0.3) is 0 Å². The van der Waals surface area contributed by atoms with Crippen molar-refractivity contribution in [2.24, 2.45) is 0 Å². The molecule has 0 bridgehead atoms. The third-order valence-electron chi connectivity index (χ3n) is 2.63. The molecule has 2 aromatic heterocycles. The summed E-state index contributed by atoms with van der Waals surface area (Å²) >= 11 is 0. The van der Waals surface area contributed by atoms with Gasteiger partial charge in [-0.15, -0.1) is 5.10 Å². The Hall–Kier alpha value is -2.77. The van der Waals surface area contributed by atoms with Crippen molar-refractivity contribution in [1.82, 2.24) is 25.1 Å². The van der Waals surface area contributed by atoms with E-state index in [2.05, 4.69) is 20.5 Å². The van der Waals surface area contributed by atoms with Crippen molar-refractivity contribution in [2.45, 2.75) is 13.5 Å². The number of carboxylic acids is 1. The molecule has 0 aliphatic heterocycles. The van der Waals surface area contributed by atoms with E-state index in [9.17, 15) is 4.79 Å². The fourth-order valence-electron chi connectivity index (χ4n) is 1.81. The van der Waals surface area contributed by atoms with Crippen molar-refractivity contribution in [3.63, 3.8) is 0 Å². The Balaban J connectivity index is 2.06. The van der Waals surface area contributed by atoms with Gasteiger partial charge >= 0.3 is 5.97 Å². The van der Waals surface area contributed by atoms with E-state index in [4.69, 9.17) is 9.63 Å². The van der Waals surface area contributed by atoms with Crippen LogP contribution in [0.1, 0.15) is 22.1 Å². The lowest BCUT2D eigenvalue weighted by atomic mass is 10.2. The van der Waals surface area contributed by atoms with E-state index in [0.29, 0.717) is 22.7 Å². The largest absolute Gasteiger partial charge is 0.478 e. The number of carbonyl (C=O) groups is 1. The minimum absolute atomic E-state index is 0.116. The van der Waals surface area contributed by atoms with Crippen LogP contribution in [-0.2, 0) is 6.54 Å². The number of nitrogens with zero attached hydrogens (tertiary/aromatic N) is 5. The summed E-state index contributed by atoms with van der Waals surface area (Å²) in [6, 6.07) is 4.87.